The van der Waals surface area contributed by atoms with E-state index in [-0.39, 0.29) is 0 Å². The second-order valence-corrected chi connectivity index (χ2v) is 3.45. The monoisotopic (exact) mass is 177 g/mol. The first-order chi connectivity index (χ1) is 4.63. The highest BCUT2D eigenvalue weighted by Crippen LogP contribution is 1.80. The third-order valence-corrected chi connectivity index (χ3v) is 1.34. The van der Waals surface area contributed by atoms with Crippen LogP contribution in [0.25, 0.3) is 0 Å². The summed E-state index contributed by atoms with van der Waals surface area (Å²) in [7, 11) is 4.10. The minimum Gasteiger partial charge on any atom is -0.412 e. The van der Waals surface area contributed by atoms with Crippen LogP contribution in [0.15, 0.2) is 0 Å². The predicted molar refractivity (Wildman–Crippen MR) is 51.1 cm³/mol. The van der Waals surface area contributed by atoms with Crippen LogP contribution in [-0.4, -0.2) is 36.4 Å². The van der Waals surface area contributed by atoms with Crippen LogP contribution < -0.4 is 5.32 Å². The average molecular weight is 177 g/mol. The molecule has 10 heavy (non-hydrogen) atoms. The Hall–Kier alpha value is 0.0700. The molecule has 0 unspecified atom stereocenters. The summed E-state index contributed by atoms with van der Waals surface area (Å²) < 4.78 is 0.471. The first-order valence-electron chi connectivity index (χ1n) is 3.22. The van der Waals surface area contributed by atoms with E-state index in [1.807, 2.05) is 14.1 Å². The van der Waals surface area contributed by atoms with Crippen LogP contribution in [0.3, 0.4) is 0 Å². The van der Waals surface area contributed by atoms with Gasteiger partial charge in [0.1, 0.15) is 0 Å². The van der Waals surface area contributed by atoms with E-state index in [2.05, 4.69) is 35.1 Å². The van der Waals surface area contributed by atoms with Gasteiger partial charge in [0.05, 0.1) is 0 Å². The van der Waals surface area contributed by atoms with Gasteiger partial charge < -0.3 is 35.1 Å². The van der Waals surface area contributed by atoms with E-state index in [4.69, 9.17) is 0 Å². The largest absolute Gasteiger partial charge is 0.412 e. The van der Waals surface area contributed by atoms with E-state index >= 15 is 0 Å². The lowest BCUT2D eigenvalue weighted by Crippen LogP contribution is -2.23. The van der Waals surface area contributed by atoms with Crippen molar-refractivity contribution in [3.8, 4) is 0 Å². The van der Waals surface area contributed by atoms with Crippen LogP contribution in [0, 0.1) is 0 Å². The summed E-state index contributed by atoms with van der Waals surface area (Å²) in [6.45, 7) is 1.96. The van der Waals surface area contributed by atoms with Crippen molar-refractivity contribution in [3.63, 3.8) is 0 Å². The Morgan fingerprint density at radius 2 is 2.20 bits per heavy atom. The van der Waals surface area contributed by atoms with E-state index in [0.717, 1.165) is 19.5 Å². The van der Waals surface area contributed by atoms with Crippen molar-refractivity contribution in [2.24, 2.45) is 0 Å². The van der Waals surface area contributed by atoms with Crippen LogP contribution in [-0.2, 0) is 12.6 Å². The molecule has 0 aliphatic rings. The Bertz CT molecular complexity index is 104. The molecule has 4 heteroatoms. The molecule has 0 aliphatic heterocycles. The SMILES string of the molecule is CN(C)CCCNC(=S)[S-]. The molecule has 0 aromatic carbocycles. The summed E-state index contributed by atoms with van der Waals surface area (Å²) in [5.74, 6) is 0. The highest BCUT2D eigenvalue weighted by Gasteiger charge is 1.87. The average Bonchev–Trinajstić information content (AvgIpc) is 1.79. The fraction of sp³-hybridized carbons (Fsp3) is 0.833. The molecule has 0 aromatic rings. The van der Waals surface area contributed by atoms with Gasteiger partial charge in [-0.25, -0.2) is 0 Å². The number of nitrogens with zero attached hydrogens (tertiary/aromatic N) is 1. The molecule has 0 saturated heterocycles. The molecule has 0 fully saturated rings. The lowest BCUT2D eigenvalue weighted by atomic mass is 10.4. The lowest BCUT2D eigenvalue weighted by Gasteiger charge is -2.11. The molecule has 0 spiro atoms. The van der Waals surface area contributed by atoms with Crippen LogP contribution in [0.5, 0.6) is 0 Å². The van der Waals surface area contributed by atoms with Crippen molar-refractivity contribution in [2.75, 3.05) is 27.2 Å². The fourth-order valence-electron chi connectivity index (χ4n) is 0.586. The van der Waals surface area contributed by atoms with Gasteiger partial charge in [-0.1, -0.05) is 4.32 Å². The Labute approximate surface area is 73.4 Å². The lowest BCUT2D eigenvalue weighted by molar-refractivity contribution is 0.400. The molecule has 0 aliphatic carbocycles. The molecule has 60 valence electrons. The topological polar surface area (TPSA) is 15.3 Å². The number of nitrogens with one attached hydrogen (secondary N) is 1. The number of hydrogen-bond acceptors (Lipinski definition) is 3. The fourth-order valence-corrected chi connectivity index (χ4v) is 0.790. The zero-order valence-corrected chi connectivity index (χ0v) is 8.02. The first-order valence-corrected chi connectivity index (χ1v) is 4.04. The van der Waals surface area contributed by atoms with Gasteiger partial charge in [-0.3, -0.25) is 0 Å². The molecule has 0 heterocycles. The number of rotatable bonds is 4. The van der Waals surface area contributed by atoms with E-state index in [1.54, 1.807) is 0 Å². The summed E-state index contributed by atoms with van der Waals surface area (Å²) in [6.07, 6.45) is 1.09. The molecule has 0 amide bonds. The summed E-state index contributed by atoms with van der Waals surface area (Å²) >= 11 is 9.33. The van der Waals surface area contributed by atoms with Crippen molar-refractivity contribution in [2.45, 2.75) is 6.42 Å². The zero-order valence-electron chi connectivity index (χ0n) is 6.39. The molecule has 0 saturated carbocycles. The van der Waals surface area contributed by atoms with E-state index in [0.29, 0.717) is 4.32 Å². The Morgan fingerprint density at radius 3 is 2.60 bits per heavy atom. The highest BCUT2D eigenvalue weighted by molar-refractivity contribution is 8.00. The van der Waals surface area contributed by atoms with Crippen LogP contribution in [0.4, 0.5) is 0 Å². The van der Waals surface area contributed by atoms with Crippen molar-refractivity contribution in [1.29, 1.82) is 0 Å². The van der Waals surface area contributed by atoms with Gasteiger partial charge in [-0.15, -0.1) is 0 Å². The summed E-state index contributed by atoms with van der Waals surface area (Å²) in [5.41, 5.74) is 0. The number of thiocarbonyl (C=S) groups is 1. The van der Waals surface area contributed by atoms with Crippen molar-refractivity contribution < 1.29 is 0 Å². The minimum atomic E-state index is 0.471. The highest BCUT2D eigenvalue weighted by atomic mass is 32.1. The maximum Gasteiger partial charge on any atom is 0.0144 e. The minimum absolute atomic E-state index is 0.471. The quantitative estimate of drug-likeness (QED) is 0.379. The molecular formula is C6H13N2S2-. The molecule has 2 nitrogen and oxygen atoms in total. The van der Waals surface area contributed by atoms with E-state index in [1.165, 1.54) is 0 Å². The Morgan fingerprint density at radius 1 is 1.60 bits per heavy atom. The second-order valence-electron chi connectivity index (χ2n) is 2.37. The first kappa shape index (κ1) is 10.1. The Balaban J connectivity index is 2.98. The van der Waals surface area contributed by atoms with Gasteiger partial charge in [0, 0.05) is 6.54 Å². The van der Waals surface area contributed by atoms with Crippen molar-refractivity contribution in [1.82, 2.24) is 10.2 Å². The van der Waals surface area contributed by atoms with Crippen molar-refractivity contribution >= 4 is 29.2 Å². The summed E-state index contributed by atoms with van der Waals surface area (Å²) in [5, 5.41) is 2.92. The summed E-state index contributed by atoms with van der Waals surface area (Å²) in [4.78, 5) is 2.13. The van der Waals surface area contributed by atoms with Gasteiger partial charge >= 0.3 is 0 Å². The second kappa shape index (κ2) is 5.82. The maximum atomic E-state index is 4.66. The van der Waals surface area contributed by atoms with Crippen LogP contribution >= 0.6 is 12.2 Å². The third kappa shape index (κ3) is 8.07. The van der Waals surface area contributed by atoms with Gasteiger partial charge in [0.25, 0.3) is 0 Å². The molecule has 0 radical (unpaired) electrons. The Kier molecular flexibility index (Phi) is 5.87. The standard InChI is InChI=1S/C6H14N2S2/c1-8(2)5-3-4-7-6(9)10/h3-5H2,1-2H3,(H2,7,9,10)/p-1. The van der Waals surface area contributed by atoms with Gasteiger partial charge in [-0.05, 0) is 27.1 Å². The van der Waals surface area contributed by atoms with Gasteiger partial charge in [-0.2, -0.15) is 0 Å². The maximum absolute atomic E-state index is 4.66. The molecule has 0 bridgehead atoms. The molecule has 0 rings (SSSR count). The molecule has 0 aromatic heterocycles. The van der Waals surface area contributed by atoms with Crippen LogP contribution in [0.1, 0.15) is 6.42 Å². The van der Waals surface area contributed by atoms with Crippen molar-refractivity contribution in [3.05, 3.63) is 0 Å². The molecule has 0 atom stereocenters. The summed E-state index contributed by atoms with van der Waals surface area (Å²) in [6, 6.07) is 0. The molecule has 1 N–H and O–H groups in total. The smallest absolute Gasteiger partial charge is 0.0144 e. The van der Waals surface area contributed by atoms with E-state index in [9.17, 15) is 0 Å². The van der Waals surface area contributed by atoms with E-state index < -0.39 is 0 Å². The third-order valence-electron chi connectivity index (χ3n) is 1.05. The van der Waals surface area contributed by atoms with Crippen LogP contribution in [0.2, 0.25) is 0 Å². The normalized spacial score (nSPS) is 9.90. The van der Waals surface area contributed by atoms with Gasteiger partial charge in [0.2, 0.25) is 0 Å². The number of hydrogen-bond donors (Lipinski definition) is 1. The zero-order chi connectivity index (χ0) is 7.98. The predicted octanol–water partition coefficient (Wildman–Crippen LogP) is 0.359. The molecular weight excluding hydrogens is 164 g/mol. The van der Waals surface area contributed by atoms with Gasteiger partial charge in [0.15, 0.2) is 0 Å².